The minimum Gasteiger partial charge on any atom is -0.493 e. The summed E-state index contributed by atoms with van der Waals surface area (Å²) in [7, 11) is -0.701. The van der Waals surface area contributed by atoms with E-state index in [0.717, 1.165) is 10.7 Å². The molecule has 1 fully saturated rings. The lowest BCUT2D eigenvalue weighted by molar-refractivity contribution is 0.353. The Balaban J connectivity index is 1.46. The summed E-state index contributed by atoms with van der Waals surface area (Å²) in [5.74, 6) is 0.361. The van der Waals surface area contributed by atoms with Gasteiger partial charge in [-0.25, -0.2) is 17.8 Å². The molecule has 0 bridgehead atoms. The fourth-order valence-corrected chi connectivity index (χ4v) is 5.95. The second kappa shape index (κ2) is 9.22. The molecule has 0 N–H and O–H groups in total. The molecule has 3 aromatic rings. The molecule has 11 heteroatoms. The van der Waals surface area contributed by atoms with Crippen molar-refractivity contribution < 1.29 is 22.3 Å². The maximum absolute atomic E-state index is 13.4. The van der Waals surface area contributed by atoms with Crippen LogP contribution in [0.3, 0.4) is 0 Å². The number of hydrogen-bond donors (Lipinski definition) is 0. The summed E-state index contributed by atoms with van der Waals surface area (Å²) in [6.45, 7) is 1.66. The molecule has 2 heterocycles. The Bertz CT molecular complexity index is 1230. The number of rotatable bonds is 6. The number of halogens is 2. The highest BCUT2D eigenvalue weighted by Crippen LogP contribution is 2.33. The number of ether oxygens (including phenoxy) is 2. The highest BCUT2D eigenvalue weighted by molar-refractivity contribution is 7.89. The Kier molecular flexibility index (Phi) is 6.57. The number of anilines is 1. The van der Waals surface area contributed by atoms with Gasteiger partial charge in [0.1, 0.15) is 5.82 Å². The number of piperazine rings is 1. The second-order valence-corrected chi connectivity index (χ2v) is 10.2. The third kappa shape index (κ3) is 4.40. The Morgan fingerprint density at radius 1 is 1.03 bits per heavy atom. The van der Waals surface area contributed by atoms with Gasteiger partial charge in [-0.2, -0.15) is 4.31 Å². The molecule has 1 aliphatic rings. The molecule has 1 aromatic heterocycles. The van der Waals surface area contributed by atoms with E-state index in [1.54, 1.807) is 18.2 Å². The summed E-state index contributed by atoms with van der Waals surface area (Å²) >= 11 is 7.33. The molecule has 0 radical (unpaired) electrons. The molecule has 0 amide bonds. The molecule has 0 spiro atoms. The number of aromatic nitrogens is 1. The van der Waals surface area contributed by atoms with Crippen LogP contribution in [0.1, 0.15) is 0 Å². The fourth-order valence-electron chi connectivity index (χ4n) is 3.44. The highest BCUT2D eigenvalue weighted by Gasteiger charge is 2.30. The van der Waals surface area contributed by atoms with E-state index < -0.39 is 15.8 Å². The fraction of sp³-hybridized carbons (Fsp3) is 0.286. The SMILES string of the molecule is COc1ccc(S(=O)(=O)N2CCN(c3nc(-c4ccc(F)c(Cl)c4)cs3)CC2)cc1OC. The maximum atomic E-state index is 13.4. The van der Waals surface area contributed by atoms with Crippen molar-refractivity contribution in [1.82, 2.24) is 9.29 Å². The normalized spacial score (nSPS) is 15.1. The van der Waals surface area contributed by atoms with Gasteiger partial charge in [0.25, 0.3) is 0 Å². The summed E-state index contributed by atoms with van der Waals surface area (Å²) in [4.78, 5) is 6.83. The van der Waals surface area contributed by atoms with Gasteiger partial charge in [-0.15, -0.1) is 11.3 Å². The van der Waals surface area contributed by atoms with E-state index in [9.17, 15) is 12.8 Å². The van der Waals surface area contributed by atoms with Crippen molar-refractivity contribution in [2.24, 2.45) is 0 Å². The predicted octanol–water partition coefficient (Wildman–Crippen LogP) is 4.13. The molecule has 0 aliphatic carbocycles. The predicted molar refractivity (Wildman–Crippen MR) is 123 cm³/mol. The first-order valence-electron chi connectivity index (χ1n) is 9.71. The number of benzene rings is 2. The number of hydrogen-bond acceptors (Lipinski definition) is 7. The van der Waals surface area contributed by atoms with Crippen molar-refractivity contribution >= 4 is 38.1 Å². The molecule has 32 heavy (non-hydrogen) atoms. The smallest absolute Gasteiger partial charge is 0.243 e. The van der Waals surface area contributed by atoms with E-state index in [1.807, 2.05) is 10.3 Å². The molecule has 7 nitrogen and oxygen atoms in total. The van der Waals surface area contributed by atoms with Crippen LogP contribution in [-0.2, 0) is 10.0 Å². The quantitative estimate of drug-likeness (QED) is 0.510. The van der Waals surface area contributed by atoms with E-state index >= 15 is 0 Å². The van der Waals surface area contributed by atoms with Crippen LogP contribution in [0.25, 0.3) is 11.3 Å². The summed E-state index contributed by atoms with van der Waals surface area (Å²) < 4.78 is 51.5. The van der Waals surface area contributed by atoms with Gasteiger partial charge >= 0.3 is 0 Å². The third-order valence-electron chi connectivity index (χ3n) is 5.21. The van der Waals surface area contributed by atoms with E-state index in [2.05, 4.69) is 4.98 Å². The summed E-state index contributed by atoms with van der Waals surface area (Å²) in [5, 5.41) is 2.71. The zero-order chi connectivity index (χ0) is 22.9. The van der Waals surface area contributed by atoms with E-state index in [1.165, 1.54) is 48.1 Å². The molecule has 0 unspecified atom stereocenters. The van der Waals surface area contributed by atoms with Crippen molar-refractivity contribution in [1.29, 1.82) is 0 Å². The van der Waals surface area contributed by atoms with Crippen molar-refractivity contribution in [3.05, 3.63) is 52.6 Å². The monoisotopic (exact) mass is 497 g/mol. The lowest BCUT2D eigenvalue weighted by Gasteiger charge is -2.33. The molecule has 1 aliphatic heterocycles. The van der Waals surface area contributed by atoms with Gasteiger partial charge in [0.2, 0.25) is 10.0 Å². The number of thiazole rings is 1. The first-order chi connectivity index (χ1) is 15.3. The molecule has 4 rings (SSSR count). The number of nitrogens with zero attached hydrogens (tertiary/aromatic N) is 3. The summed E-state index contributed by atoms with van der Waals surface area (Å²) in [5.41, 5.74) is 1.43. The standard InChI is InChI=1S/C21H21ClFN3O4S2/c1-29-19-6-4-15(12-20(19)30-2)32(27,28)26-9-7-25(8-10-26)21-24-18(13-31-21)14-3-5-17(23)16(22)11-14/h3-6,11-13H,7-10H2,1-2H3. The molecular formula is C21H21ClFN3O4S2. The van der Waals surface area contributed by atoms with Gasteiger partial charge in [-0.3, -0.25) is 0 Å². The van der Waals surface area contributed by atoms with Crippen LogP contribution in [-0.4, -0.2) is 58.1 Å². The average Bonchev–Trinajstić information content (AvgIpc) is 3.30. The van der Waals surface area contributed by atoms with Crippen LogP contribution in [0.5, 0.6) is 11.5 Å². The van der Waals surface area contributed by atoms with Crippen LogP contribution in [0, 0.1) is 5.82 Å². The number of sulfonamides is 1. The van der Waals surface area contributed by atoms with Gasteiger partial charge in [-0.05, 0) is 30.3 Å². The molecule has 0 atom stereocenters. The summed E-state index contributed by atoms with van der Waals surface area (Å²) in [6.07, 6.45) is 0. The highest BCUT2D eigenvalue weighted by atomic mass is 35.5. The van der Waals surface area contributed by atoms with Crippen LogP contribution >= 0.6 is 22.9 Å². The Morgan fingerprint density at radius 2 is 1.75 bits per heavy atom. The molecule has 1 saturated heterocycles. The molecule has 0 saturated carbocycles. The van der Waals surface area contributed by atoms with E-state index in [-0.39, 0.29) is 9.92 Å². The average molecular weight is 498 g/mol. The van der Waals surface area contributed by atoms with Crippen LogP contribution in [0.2, 0.25) is 5.02 Å². The molecule has 170 valence electrons. The lowest BCUT2D eigenvalue weighted by Crippen LogP contribution is -2.48. The van der Waals surface area contributed by atoms with Crippen LogP contribution in [0.4, 0.5) is 9.52 Å². The third-order valence-corrected chi connectivity index (χ3v) is 8.30. The van der Waals surface area contributed by atoms with Crippen molar-refractivity contribution in [2.75, 3.05) is 45.3 Å². The Hall–Kier alpha value is -2.40. The molecule has 2 aromatic carbocycles. The first-order valence-corrected chi connectivity index (χ1v) is 12.4. The van der Waals surface area contributed by atoms with Gasteiger partial charge in [0.05, 0.1) is 29.8 Å². The van der Waals surface area contributed by atoms with Crippen molar-refractivity contribution in [2.45, 2.75) is 4.90 Å². The van der Waals surface area contributed by atoms with E-state index in [4.69, 9.17) is 21.1 Å². The zero-order valence-electron chi connectivity index (χ0n) is 17.4. The Labute approximate surface area is 195 Å². The molecular weight excluding hydrogens is 477 g/mol. The number of methoxy groups -OCH3 is 2. The van der Waals surface area contributed by atoms with Crippen molar-refractivity contribution in [3.63, 3.8) is 0 Å². The van der Waals surface area contributed by atoms with Crippen LogP contribution in [0.15, 0.2) is 46.7 Å². The lowest BCUT2D eigenvalue weighted by atomic mass is 10.2. The maximum Gasteiger partial charge on any atom is 0.243 e. The minimum atomic E-state index is -3.67. The van der Waals surface area contributed by atoms with Gasteiger partial charge in [0, 0.05) is 43.2 Å². The largest absolute Gasteiger partial charge is 0.493 e. The topological polar surface area (TPSA) is 72.0 Å². The Morgan fingerprint density at radius 3 is 2.41 bits per heavy atom. The first kappa shape index (κ1) is 22.8. The van der Waals surface area contributed by atoms with Gasteiger partial charge < -0.3 is 14.4 Å². The van der Waals surface area contributed by atoms with Crippen molar-refractivity contribution in [3.8, 4) is 22.8 Å². The van der Waals surface area contributed by atoms with E-state index in [0.29, 0.717) is 43.4 Å². The van der Waals surface area contributed by atoms with Crippen LogP contribution < -0.4 is 14.4 Å². The summed E-state index contributed by atoms with van der Waals surface area (Å²) in [6, 6.07) is 9.07. The zero-order valence-corrected chi connectivity index (χ0v) is 19.8. The minimum absolute atomic E-state index is 0.0473. The van der Waals surface area contributed by atoms with Gasteiger partial charge in [0.15, 0.2) is 16.6 Å². The second-order valence-electron chi connectivity index (χ2n) is 7.05. The van der Waals surface area contributed by atoms with Gasteiger partial charge in [-0.1, -0.05) is 11.6 Å².